The van der Waals surface area contributed by atoms with Gasteiger partial charge in [-0.25, -0.2) is 0 Å². The van der Waals surface area contributed by atoms with E-state index < -0.39 is 0 Å². The molecular weight excluding hydrogens is 184 g/mol. The van der Waals surface area contributed by atoms with Gasteiger partial charge in [0.05, 0.1) is 24.0 Å². The summed E-state index contributed by atoms with van der Waals surface area (Å²) in [6, 6.07) is 14.0. The number of rotatable bonds is 3. The summed E-state index contributed by atoms with van der Waals surface area (Å²) in [5.74, 6) is -0.367. The number of benzene rings is 1. The molecule has 0 radical (unpaired) electrons. The second-order valence-corrected chi connectivity index (χ2v) is 3.92. The summed E-state index contributed by atoms with van der Waals surface area (Å²) in [6.45, 7) is 3.95. The zero-order valence-electron chi connectivity index (χ0n) is 9.01. The molecule has 0 aliphatic carbocycles. The van der Waals surface area contributed by atoms with Gasteiger partial charge in [0.2, 0.25) is 0 Å². The minimum absolute atomic E-state index is 0.194. The van der Waals surface area contributed by atoms with Crippen molar-refractivity contribution in [1.29, 1.82) is 10.5 Å². The summed E-state index contributed by atoms with van der Waals surface area (Å²) >= 11 is 0. The van der Waals surface area contributed by atoms with Crippen molar-refractivity contribution in [3.05, 3.63) is 35.9 Å². The third-order valence-electron chi connectivity index (χ3n) is 2.52. The predicted octanol–water partition coefficient (Wildman–Crippen LogP) is 3.09. The summed E-state index contributed by atoms with van der Waals surface area (Å²) in [5.41, 5.74) is 0.931. The van der Waals surface area contributed by atoms with Crippen molar-refractivity contribution in [2.24, 2.45) is 11.8 Å². The van der Waals surface area contributed by atoms with Crippen LogP contribution in [0.1, 0.15) is 25.3 Å². The zero-order chi connectivity index (χ0) is 11.3. The van der Waals surface area contributed by atoms with E-state index in [2.05, 4.69) is 12.1 Å². The molecule has 0 aliphatic heterocycles. The first-order valence-corrected chi connectivity index (χ1v) is 5.05. The highest BCUT2D eigenvalue weighted by Crippen LogP contribution is 2.28. The second kappa shape index (κ2) is 5.17. The Bertz CT molecular complexity index is 381. The van der Waals surface area contributed by atoms with E-state index in [1.165, 1.54) is 0 Å². The van der Waals surface area contributed by atoms with Gasteiger partial charge in [-0.1, -0.05) is 44.2 Å². The molecule has 0 saturated heterocycles. The minimum atomic E-state index is -0.323. The number of hydrogen-bond donors (Lipinski definition) is 0. The van der Waals surface area contributed by atoms with Crippen molar-refractivity contribution in [3.63, 3.8) is 0 Å². The lowest BCUT2D eigenvalue weighted by molar-refractivity contribution is 0.443. The van der Waals surface area contributed by atoms with E-state index in [4.69, 9.17) is 10.5 Å². The summed E-state index contributed by atoms with van der Waals surface area (Å²) in [7, 11) is 0. The van der Waals surface area contributed by atoms with Gasteiger partial charge in [-0.3, -0.25) is 0 Å². The molecule has 0 fully saturated rings. The molecule has 0 heterocycles. The predicted molar refractivity (Wildman–Crippen MR) is 58.7 cm³/mol. The SMILES string of the molecule is CC(C)[C@H](C#N)[C@H](C#N)c1ccccc1. The van der Waals surface area contributed by atoms with Crippen LogP contribution in [0.2, 0.25) is 0 Å². The highest BCUT2D eigenvalue weighted by Gasteiger charge is 2.25. The van der Waals surface area contributed by atoms with E-state index in [0.29, 0.717) is 0 Å². The largest absolute Gasteiger partial charge is 0.198 e. The Hall–Kier alpha value is -1.80. The maximum atomic E-state index is 9.13. The normalized spacial score (nSPS) is 13.9. The Balaban J connectivity index is 3.01. The lowest BCUT2D eigenvalue weighted by Crippen LogP contribution is -2.15. The highest BCUT2D eigenvalue weighted by atomic mass is 14.4. The van der Waals surface area contributed by atoms with Crippen LogP contribution in [0.15, 0.2) is 30.3 Å². The van der Waals surface area contributed by atoms with E-state index in [1.54, 1.807) is 0 Å². The monoisotopic (exact) mass is 198 g/mol. The number of nitriles is 2. The van der Waals surface area contributed by atoms with Gasteiger partial charge in [0.25, 0.3) is 0 Å². The average molecular weight is 198 g/mol. The van der Waals surface area contributed by atoms with Crippen LogP contribution in [-0.4, -0.2) is 0 Å². The van der Waals surface area contributed by atoms with Gasteiger partial charge in [0, 0.05) is 0 Å². The molecular formula is C13H14N2. The molecule has 0 amide bonds. The van der Waals surface area contributed by atoms with Crippen LogP contribution in [0.25, 0.3) is 0 Å². The lowest BCUT2D eigenvalue weighted by atomic mass is 9.81. The fourth-order valence-electron chi connectivity index (χ4n) is 1.63. The summed E-state index contributed by atoms with van der Waals surface area (Å²) in [6.07, 6.45) is 0. The molecule has 1 aromatic rings. The smallest absolute Gasteiger partial charge is 0.0873 e. The molecule has 2 atom stereocenters. The number of hydrogen-bond acceptors (Lipinski definition) is 2. The standard InChI is InChI=1S/C13H14N2/c1-10(2)12(8-14)13(9-15)11-6-4-3-5-7-11/h3-7,10,12-13H,1-2H3/t12-,13+/m0/s1. The zero-order valence-corrected chi connectivity index (χ0v) is 9.01. The maximum Gasteiger partial charge on any atom is 0.0873 e. The highest BCUT2D eigenvalue weighted by molar-refractivity contribution is 5.27. The van der Waals surface area contributed by atoms with E-state index >= 15 is 0 Å². The van der Waals surface area contributed by atoms with Gasteiger partial charge in [0.15, 0.2) is 0 Å². The summed E-state index contributed by atoms with van der Waals surface area (Å²) < 4.78 is 0. The van der Waals surface area contributed by atoms with Gasteiger partial charge in [-0.05, 0) is 11.5 Å². The fraction of sp³-hybridized carbons (Fsp3) is 0.385. The molecule has 0 saturated carbocycles. The van der Waals surface area contributed by atoms with Gasteiger partial charge in [-0.2, -0.15) is 10.5 Å². The molecule has 0 aliphatic rings. The fourth-order valence-corrected chi connectivity index (χ4v) is 1.63. The maximum absolute atomic E-state index is 9.13. The first-order chi connectivity index (χ1) is 7.20. The molecule has 0 aromatic heterocycles. The molecule has 2 nitrogen and oxygen atoms in total. The van der Waals surface area contributed by atoms with Gasteiger partial charge >= 0.3 is 0 Å². The van der Waals surface area contributed by atoms with Crippen molar-refractivity contribution in [1.82, 2.24) is 0 Å². The van der Waals surface area contributed by atoms with Gasteiger partial charge in [0.1, 0.15) is 0 Å². The quantitative estimate of drug-likeness (QED) is 0.749. The first kappa shape index (κ1) is 11.3. The van der Waals surface area contributed by atoms with Crippen LogP contribution < -0.4 is 0 Å². The van der Waals surface area contributed by atoms with E-state index in [9.17, 15) is 0 Å². The molecule has 76 valence electrons. The third-order valence-corrected chi connectivity index (χ3v) is 2.52. The Morgan fingerprint density at radius 2 is 1.60 bits per heavy atom. The van der Waals surface area contributed by atoms with Crippen molar-refractivity contribution in [2.75, 3.05) is 0 Å². The van der Waals surface area contributed by atoms with Gasteiger partial charge < -0.3 is 0 Å². The van der Waals surface area contributed by atoms with Crippen LogP contribution in [0, 0.1) is 34.5 Å². The van der Waals surface area contributed by atoms with Crippen molar-refractivity contribution in [3.8, 4) is 12.1 Å². The van der Waals surface area contributed by atoms with E-state index in [0.717, 1.165) is 5.56 Å². The van der Waals surface area contributed by atoms with Crippen molar-refractivity contribution in [2.45, 2.75) is 19.8 Å². The summed E-state index contributed by atoms with van der Waals surface area (Å²) in [5, 5.41) is 18.2. The molecule has 0 unspecified atom stereocenters. The Morgan fingerprint density at radius 3 is 2.00 bits per heavy atom. The minimum Gasteiger partial charge on any atom is -0.198 e. The molecule has 1 aromatic carbocycles. The second-order valence-electron chi connectivity index (χ2n) is 3.92. The number of nitrogens with zero attached hydrogens (tertiary/aromatic N) is 2. The van der Waals surface area contributed by atoms with E-state index in [-0.39, 0.29) is 17.8 Å². The van der Waals surface area contributed by atoms with Crippen LogP contribution in [0.4, 0.5) is 0 Å². The van der Waals surface area contributed by atoms with Gasteiger partial charge in [-0.15, -0.1) is 0 Å². The lowest BCUT2D eigenvalue weighted by Gasteiger charge is -2.18. The van der Waals surface area contributed by atoms with Crippen LogP contribution in [-0.2, 0) is 0 Å². The average Bonchev–Trinajstić information content (AvgIpc) is 2.26. The molecule has 1 rings (SSSR count). The summed E-state index contributed by atoms with van der Waals surface area (Å²) in [4.78, 5) is 0. The van der Waals surface area contributed by atoms with Crippen LogP contribution in [0.5, 0.6) is 0 Å². The Morgan fingerprint density at radius 1 is 1.00 bits per heavy atom. The molecule has 0 spiro atoms. The van der Waals surface area contributed by atoms with Crippen molar-refractivity contribution >= 4 is 0 Å². The van der Waals surface area contributed by atoms with Crippen LogP contribution in [0.3, 0.4) is 0 Å². The van der Waals surface area contributed by atoms with Crippen molar-refractivity contribution < 1.29 is 0 Å². The molecule has 15 heavy (non-hydrogen) atoms. The topological polar surface area (TPSA) is 47.6 Å². The Labute approximate surface area is 90.8 Å². The molecule has 2 heteroatoms. The first-order valence-electron chi connectivity index (χ1n) is 5.05. The molecule has 0 N–H and O–H groups in total. The Kier molecular flexibility index (Phi) is 3.89. The van der Waals surface area contributed by atoms with E-state index in [1.807, 2.05) is 44.2 Å². The van der Waals surface area contributed by atoms with Crippen LogP contribution >= 0.6 is 0 Å². The third kappa shape index (κ3) is 2.58. The molecule has 0 bridgehead atoms.